The summed E-state index contributed by atoms with van der Waals surface area (Å²) in [5, 5.41) is 7.68. The van der Waals surface area contributed by atoms with Crippen molar-refractivity contribution in [2.24, 2.45) is 17.8 Å². The van der Waals surface area contributed by atoms with Crippen LogP contribution in [-0.4, -0.2) is 38.9 Å². The molecule has 0 aliphatic carbocycles. The molecule has 18 heavy (non-hydrogen) atoms. The van der Waals surface area contributed by atoms with Crippen LogP contribution in [0.25, 0.3) is 0 Å². The SMILES string of the molecule is Cn1nncc1CN=C(N)N1CCCCCC1.I. The minimum atomic E-state index is 0. The van der Waals surface area contributed by atoms with Crippen molar-refractivity contribution in [3.8, 4) is 0 Å². The van der Waals surface area contributed by atoms with E-state index in [1.54, 1.807) is 10.9 Å². The molecule has 2 N–H and O–H groups in total. The molecule has 0 atom stereocenters. The van der Waals surface area contributed by atoms with Gasteiger partial charge in [-0.3, -0.25) is 4.68 Å². The Morgan fingerprint density at radius 1 is 1.33 bits per heavy atom. The van der Waals surface area contributed by atoms with Crippen molar-refractivity contribution in [3.63, 3.8) is 0 Å². The van der Waals surface area contributed by atoms with Crippen LogP contribution in [0.2, 0.25) is 0 Å². The molecule has 6 nitrogen and oxygen atoms in total. The first-order valence-electron chi connectivity index (χ1n) is 6.16. The highest BCUT2D eigenvalue weighted by Gasteiger charge is 2.10. The normalized spacial score (nSPS) is 17.2. The van der Waals surface area contributed by atoms with Crippen LogP contribution in [0.1, 0.15) is 31.4 Å². The van der Waals surface area contributed by atoms with Crippen LogP contribution in [0.15, 0.2) is 11.2 Å². The largest absolute Gasteiger partial charge is 0.370 e. The summed E-state index contributed by atoms with van der Waals surface area (Å²) in [6.07, 6.45) is 6.75. The lowest BCUT2D eigenvalue weighted by atomic mass is 10.2. The highest BCUT2D eigenvalue weighted by molar-refractivity contribution is 14.0. The van der Waals surface area contributed by atoms with Crippen molar-refractivity contribution in [2.45, 2.75) is 32.2 Å². The van der Waals surface area contributed by atoms with Gasteiger partial charge in [-0.2, -0.15) is 0 Å². The highest BCUT2D eigenvalue weighted by atomic mass is 127. The molecule has 7 heteroatoms. The van der Waals surface area contributed by atoms with Gasteiger partial charge in [-0.25, -0.2) is 4.99 Å². The second kappa shape index (κ2) is 7.55. The minimum Gasteiger partial charge on any atom is -0.370 e. The fourth-order valence-corrected chi connectivity index (χ4v) is 2.02. The number of aryl methyl sites for hydroxylation is 1. The lowest BCUT2D eigenvalue weighted by Crippen LogP contribution is -2.38. The Balaban J connectivity index is 0.00000162. The average Bonchev–Trinajstić information content (AvgIpc) is 2.58. The molecule has 0 aromatic carbocycles. The van der Waals surface area contributed by atoms with Gasteiger partial charge in [0.1, 0.15) is 0 Å². The van der Waals surface area contributed by atoms with E-state index >= 15 is 0 Å². The molecule has 0 bridgehead atoms. The number of hydrogen-bond acceptors (Lipinski definition) is 3. The summed E-state index contributed by atoms with van der Waals surface area (Å²) in [6, 6.07) is 0. The summed E-state index contributed by atoms with van der Waals surface area (Å²) < 4.78 is 1.72. The molecule has 1 fully saturated rings. The van der Waals surface area contributed by atoms with Crippen LogP contribution >= 0.6 is 24.0 Å². The van der Waals surface area contributed by atoms with Crippen LogP contribution < -0.4 is 5.73 Å². The maximum atomic E-state index is 6.01. The Kier molecular flexibility index (Phi) is 6.37. The lowest BCUT2D eigenvalue weighted by Gasteiger charge is -2.20. The number of hydrogen-bond donors (Lipinski definition) is 1. The molecule has 1 aliphatic heterocycles. The van der Waals surface area contributed by atoms with Crippen LogP contribution in [0.4, 0.5) is 0 Å². The van der Waals surface area contributed by atoms with Crippen molar-refractivity contribution >= 4 is 29.9 Å². The predicted octanol–water partition coefficient (Wildman–Crippen LogP) is 1.12. The van der Waals surface area contributed by atoms with Crippen LogP contribution in [0.3, 0.4) is 0 Å². The van der Waals surface area contributed by atoms with Gasteiger partial charge in [-0.05, 0) is 12.8 Å². The molecule has 0 amide bonds. The van der Waals surface area contributed by atoms with E-state index in [1.165, 1.54) is 25.7 Å². The predicted molar refractivity (Wildman–Crippen MR) is 81.8 cm³/mol. The average molecular weight is 364 g/mol. The molecule has 1 saturated heterocycles. The second-order valence-corrected chi connectivity index (χ2v) is 4.42. The Morgan fingerprint density at radius 3 is 2.56 bits per heavy atom. The maximum Gasteiger partial charge on any atom is 0.191 e. The third-order valence-corrected chi connectivity index (χ3v) is 3.14. The molecule has 0 saturated carbocycles. The monoisotopic (exact) mass is 364 g/mol. The number of halogens is 1. The van der Waals surface area contributed by atoms with Gasteiger partial charge in [0.2, 0.25) is 0 Å². The first-order chi connectivity index (χ1) is 8.27. The lowest BCUT2D eigenvalue weighted by molar-refractivity contribution is 0.428. The number of aromatic nitrogens is 3. The van der Waals surface area contributed by atoms with Gasteiger partial charge in [0.05, 0.1) is 18.4 Å². The summed E-state index contributed by atoms with van der Waals surface area (Å²) >= 11 is 0. The van der Waals surface area contributed by atoms with E-state index in [9.17, 15) is 0 Å². The van der Waals surface area contributed by atoms with Gasteiger partial charge in [-0.1, -0.05) is 18.1 Å². The quantitative estimate of drug-likeness (QED) is 0.485. The first-order valence-corrected chi connectivity index (χ1v) is 6.16. The summed E-state index contributed by atoms with van der Waals surface area (Å²) in [6.45, 7) is 2.60. The molecule has 1 aromatic rings. The van der Waals surface area contributed by atoms with E-state index in [0.29, 0.717) is 12.5 Å². The minimum absolute atomic E-state index is 0. The smallest absolute Gasteiger partial charge is 0.191 e. The Bertz CT molecular complexity index is 381. The van der Waals surface area contributed by atoms with Gasteiger partial charge in [0, 0.05) is 20.1 Å². The standard InChI is InChI=1S/C11H20N6.HI/c1-16-10(9-14-15-16)8-13-11(12)17-6-4-2-3-5-7-17;/h9H,2-8H2,1H3,(H2,12,13);1H. The summed E-state index contributed by atoms with van der Waals surface area (Å²) in [5.74, 6) is 0.646. The molecule has 2 heterocycles. The first kappa shape index (κ1) is 15.2. The van der Waals surface area contributed by atoms with E-state index in [0.717, 1.165) is 18.8 Å². The van der Waals surface area contributed by atoms with Crippen LogP contribution in [-0.2, 0) is 13.6 Å². The van der Waals surface area contributed by atoms with E-state index in [2.05, 4.69) is 20.2 Å². The molecule has 102 valence electrons. The van der Waals surface area contributed by atoms with Gasteiger partial charge in [0.15, 0.2) is 5.96 Å². The van der Waals surface area contributed by atoms with Crippen molar-refractivity contribution < 1.29 is 0 Å². The zero-order valence-corrected chi connectivity index (χ0v) is 13.1. The third-order valence-electron chi connectivity index (χ3n) is 3.14. The fourth-order valence-electron chi connectivity index (χ4n) is 2.02. The Hall–Kier alpha value is -0.860. The topological polar surface area (TPSA) is 72.3 Å². The van der Waals surface area contributed by atoms with Gasteiger partial charge >= 0.3 is 0 Å². The van der Waals surface area contributed by atoms with Crippen molar-refractivity contribution in [2.75, 3.05) is 13.1 Å². The summed E-state index contributed by atoms with van der Waals surface area (Å²) in [4.78, 5) is 6.59. The molecule has 0 radical (unpaired) electrons. The van der Waals surface area contributed by atoms with Crippen molar-refractivity contribution in [1.29, 1.82) is 0 Å². The fraction of sp³-hybridized carbons (Fsp3) is 0.727. The molecule has 2 rings (SSSR count). The van der Waals surface area contributed by atoms with E-state index in [-0.39, 0.29) is 24.0 Å². The molecule has 1 aromatic heterocycles. The number of likely N-dealkylation sites (tertiary alicyclic amines) is 1. The van der Waals surface area contributed by atoms with Crippen LogP contribution in [0, 0.1) is 0 Å². The zero-order valence-electron chi connectivity index (χ0n) is 10.7. The van der Waals surface area contributed by atoms with Gasteiger partial charge in [0.25, 0.3) is 0 Å². The Morgan fingerprint density at radius 2 is 2.00 bits per heavy atom. The van der Waals surface area contributed by atoms with Crippen LogP contribution in [0.5, 0.6) is 0 Å². The molecular weight excluding hydrogens is 343 g/mol. The summed E-state index contributed by atoms with van der Waals surface area (Å²) in [7, 11) is 1.86. The van der Waals surface area contributed by atoms with Gasteiger partial charge < -0.3 is 10.6 Å². The van der Waals surface area contributed by atoms with E-state index < -0.39 is 0 Å². The van der Waals surface area contributed by atoms with Crippen molar-refractivity contribution in [3.05, 3.63) is 11.9 Å². The number of nitrogens with zero attached hydrogens (tertiary/aromatic N) is 5. The second-order valence-electron chi connectivity index (χ2n) is 4.42. The molecule has 1 aliphatic rings. The third kappa shape index (κ3) is 4.11. The van der Waals surface area contributed by atoms with E-state index in [4.69, 9.17) is 5.73 Å². The molecule has 0 unspecified atom stereocenters. The number of aliphatic imine (C=N–C) groups is 1. The molecular formula is C11H21IN6. The highest BCUT2D eigenvalue weighted by Crippen LogP contribution is 2.09. The number of rotatable bonds is 2. The molecule has 0 spiro atoms. The number of nitrogens with two attached hydrogens (primary N) is 1. The maximum absolute atomic E-state index is 6.01. The number of guanidine groups is 1. The van der Waals surface area contributed by atoms with Crippen molar-refractivity contribution in [1.82, 2.24) is 19.9 Å². The van der Waals surface area contributed by atoms with Gasteiger partial charge in [-0.15, -0.1) is 29.1 Å². The summed E-state index contributed by atoms with van der Waals surface area (Å²) in [5.41, 5.74) is 6.99. The Labute approximate surface area is 125 Å². The zero-order chi connectivity index (χ0) is 12.1. The van der Waals surface area contributed by atoms with E-state index in [1.807, 2.05) is 7.05 Å².